The second kappa shape index (κ2) is 5.40. The second-order valence-electron chi connectivity index (χ2n) is 5.54. The molecular formula is C15H20N2O3. The predicted octanol–water partition coefficient (Wildman–Crippen LogP) is 1.75. The summed E-state index contributed by atoms with van der Waals surface area (Å²) in [7, 11) is 0. The number of fused-ring (bicyclic) bond motifs is 2. The van der Waals surface area contributed by atoms with E-state index in [0.717, 1.165) is 31.5 Å². The number of esters is 1. The Kier molecular flexibility index (Phi) is 3.61. The highest BCUT2D eigenvalue weighted by molar-refractivity contribution is 5.89. The highest BCUT2D eigenvalue weighted by atomic mass is 16.5. The lowest BCUT2D eigenvalue weighted by molar-refractivity contribution is 0.0526. The van der Waals surface area contributed by atoms with Crippen molar-refractivity contribution in [2.75, 3.05) is 11.5 Å². The van der Waals surface area contributed by atoms with Gasteiger partial charge in [-0.1, -0.05) is 0 Å². The third kappa shape index (κ3) is 2.38. The van der Waals surface area contributed by atoms with E-state index in [1.165, 1.54) is 0 Å². The standard InChI is InChI=1S/C15H20N2O3/c1-2-20-15(19)10-3-6-14(16-9-10)17-11-4-5-12(17)8-13(18)7-11/h3,6,9,11-13,18H,2,4-5,7-8H2,1H3. The van der Waals surface area contributed by atoms with Gasteiger partial charge >= 0.3 is 5.97 Å². The lowest BCUT2D eigenvalue weighted by Gasteiger charge is -2.38. The normalized spacial score (nSPS) is 28.5. The van der Waals surface area contributed by atoms with Crippen molar-refractivity contribution >= 4 is 11.8 Å². The average molecular weight is 276 g/mol. The molecule has 2 saturated heterocycles. The van der Waals surface area contributed by atoms with Crippen molar-refractivity contribution in [1.82, 2.24) is 4.98 Å². The summed E-state index contributed by atoms with van der Waals surface area (Å²) in [6, 6.07) is 4.41. The summed E-state index contributed by atoms with van der Waals surface area (Å²) in [6.07, 6.45) is 5.27. The molecule has 1 aromatic heterocycles. The first-order chi connectivity index (χ1) is 9.69. The fourth-order valence-electron chi connectivity index (χ4n) is 3.40. The topological polar surface area (TPSA) is 62.7 Å². The van der Waals surface area contributed by atoms with Gasteiger partial charge in [0.05, 0.1) is 18.3 Å². The van der Waals surface area contributed by atoms with E-state index in [1.807, 2.05) is 6.07 Å². The van der Waals surface area contributed by atoms with Gasteiger partial charge < -0.3 is 14.7 Å². The van der Waals surface area contributed by atoms with Crippen LogP contribution in [0.25, 0.3) is 0 Å². The van der Waals surface area contributed by atoms with Gasteiger partial charge in [-0.05, 0) is 44.7 Å². The summed E-state index contributed by atoms with van der Waals surface area (Å²) >= 11 is 0. The predicted molar refractivity (Wildman–Crippen MR) is 74.7 cm³/mol. The molecule has 3 rings (SSSR count). The van der Waals surface area contributed by atoms with Crippen molar-refractivity contribution in [2.24, 2.45) is 0 Å². The quantitative estimate of drug-likeness (QED) is 0.852. The van der Waals surface area contributed by atoms with Crippen LogP contribution in [0.2, 0.25) is 0 Å². The molecule has 1 aromatic rings. The Bertz CT molecular complexity index is 474. The molecule has 5 nitrogen and oxygen atoms in total. The number of hydrogen-bond donors (Lipinski definition) is 1. The summed E-state index contributed by atoms with van der Waals surface area (Å²) in [5.41, 5.74) is 0.486. The van der Waals surface area contributed by atoms with Crippen LogP contribution in [0, 0.1) is 0 Å². The number of carbonyl (C=O) groups is 1. The van der Waals surface area contributed by atoms with Crippen molar-refractivity contribution in [3.05, 3.63) is 23.9 Å². The van der Waals surface area contributed by atoms with Crippen molar-refractivity contribution in [3.8, 4) is 0 Å². The van der Waals surface area contributed by atoms with Gasteiger partial charge in [0.1, 0.15) is 5.82 Å². The van der Waals surface area contributed by atoms with E-state index in [1.54, 1.807) is 19.2 Å². The minimum absolute atomic E-state index is 0.178. The van der Waals surface area contributed by atoms with Crippen molar-refractivity contribution in [3.63, 3.8) is 0 Å². The third-order valence-electron chi connectivity index (χ3n) is 4.23. The Labute approximate surface area is 118 Å². The highest BCUT2D eigenvalue weighted by Crippen LogP contribution is 2.38. The number of aliphatic hydroxyl groups excluding tert-OH is 1. The van der Waals surface area contributed by atoms with Crippen LogP contribution in [0.5, 0.6) is 0 Å². The van der Waals surface area contributed by atoms with E-state index in [9.17, 15) is 9.90 Å². The first-order valence-electron chi connectivity index (χ1n) is 7.28. The van der Waals surface area contributed by atoms with Gasteiger partial charge in [0.2, 0.25) is 0 Å². The maximum Gasteiger partial charge on any atom is 0.339 e. The lowest BCUT2D eigenvalue weighted by atomic mass is 10.00. The molecule has 108 valence electrons. The van der Waals surface area contributed by atoms with Gasteiger partial charge in [-0.3, -0.25) is 0 Å². The van der Waals surface area contributed by atoms with Crippen molar-refractivity contribution in [1.29, 1.82) is 0 Å². The van der Waals surface area contributed by atoms with Gasteiger partial charge in [-0.15, -0.1) is 0 Å². The maximum absolute atomic E-state index is 11.6. The summed E-state index contributed by atoms with van der Waals surface area (Å²) in [5.74, 6) is 0.570. The fraction of sp³-hybridized carbons (Fsp3) is 0.600. The number of aliphatic hydroxyl groups is 1. The lowest BCUT2D eigenvalue weighted by Crippen LogP contribution is -2.45. The molecule has 0 spiro atoms. The van der Waals surface area contributed by atoms with Crippen LogP contribution in [-0.4, -0.2) is 40.9 Å². The molecule has 0 amide bonds. The molecule has 2 fully saturated rings. The van der Waals surface area contributed by atoms with Gasteiger partial charge in [0.15, 0.2) is 0 Å². The van der Waals surface area contributed by atoms with Gasteiger partial charge in [0.25, 0.3) is 0 Å². The Hall–Kier alpha value is -1.62. The smallest absolute Gasteiger partial charge is 0.339 e. The third-order valence-corrected chi connectivity index (χ3v) is 4.23. The molecule has 5 heteroatoms. The summed E-state index contributed by atoms with van der Waals surface area (Å²) in [5, 5.41) is 9.82. The summed E-state index contributed by atoms with van der Waals surface area (Å²) in [6.45, 7) is 2.16. The molecule has 2 atom stereocenters. The highest BCUT2D eigenvalue weighted by Gasteiger charge is 2.40. The molecule has 0 radical (unpaired) electrons. The van der Waals surface area contributed by atoms with Crippen LogP contribution in [0.15, 0.2) is 18.3 Å². The Morgan fingerprint density at radius 2 is 2.10 bits per heavy atom. The number of piperidine rings is 1. The molecule has 2 aliphatic heterocycles. The van der Waals surface area contributed by atoms with Crippen LogP contribution in [0.1, 0.15) is 43.0 Å². The Morgan fingerprint density at radius 1 is 1.40 bits per heavy atom. The summed E-state index contributed by atoms with van der Waals surface area (Å²) in [4.78, 5) is 18.3. The zero-order valence-electron chi connectivity index (χ0n) is 11.7. The zero-order valence-corrected chi connectivity index (χ0v) is 11.7. The number of rotatable bonds is 3. The molecule has 0 saturated carbocycles. The summed E-state index contributed by atoms with van der Waals surface area (Å²) < 4.78 is 4.96. The molecule has 2 bridgehead atoms. The van der Waals surface area contributed by atoms with Crippen molar-refractivity contribution < 1.29 is 14.6 Å². The van der Waals surface area contributed by atoms with E-state index < -0.39 is 0 Å². The van der Waals surface area contributed by atoms with E-state index in [-0.39, 0.29) is 12.1 Å². The number of aromatic nitrogens is 1. The SMILES string of the molecule is CCOC(=O)c1ccc(N2C3CCC2CC(O)C3)nc1. The maximum atomic E-state index is 11.6. The fourth-order valence-corrected chi connectivity index (χ4v) is 3.40. The Morgan fingerprint density at radius 3 is 2.65 bits per heavy atom. The molecule has 3 heterocycles. The van der Waals surface area contributed by atoms with Gasteiger partial charge in [-0.25, -0.2) is 9.78 Å². The number of nitrogens with zero attached hydrogens (tertiary/aromatic N) is 2. The molecule has 2 unspecified atom stereocenters. The van der Waals surface area contributed by atoms with Crippen molar-refractivity contribution in [2.45, 2.75) is 50.8 Å². The van der Waals surface area contributed by atoms with Crippen LogP contribution in [0.4, 0.5) is 5.82 Å². The molecule has 20 heavy (non-hydrogen) atoms. The van der Waals surface area contributed by atoms with E-state index >= 15 is 0 Å². The van der Waals surface area contributed by atoms with E-state index in [0.29, 0.717) is 24.3 Å². The number of carbonyl (C=O) groups excluding carboxylic acids is 1. The largest absolute Gasteiger partial charge is 0.462 e. The number of pyridine rings is 1. The molecule has 0 aromatic carbocycles. The van der Waals surface area contributed by atoms with Crippen LogP contribution in [0.3, 0.4) is 0 Å². The number of hydrogen-bond acceptors (Lipinski definition) is 5. The van der Waals surface area contributed by atoms with E-state index in [4.69, 9.17) is 4.74 Å². The molecular weight excluding hydrogens is 256 g/mol. The number of anilines is 1. The first kappa shape index (κ1) is 13.4. The monoisotopic (exact) mass is 276 g/mol. The number of ether oxygens (including phenoxy) is 1. The first-order valence-corrected chi connectivity index (χ1v) is 7.28. The second-order valence-corrected chi connectivity index (χ2v) is 5.54. The molecule has 1 N–H and O–H groups in total. The van der Waals surface area contributed by atoms with E-state index in [2.05, 4.69) is 9.88 Å². The molecule has 0 aliphatic carbocycles. The van der Waals surface area contributed by atoms with Crippen LogP contribution < -0.4 is 4.90 Å². The van der Waals surface area contributed by atoms with Gasteiger partial charge in [0, 0.05) is 18.3 Å². The van der Waals surface area contributed by atoms with Gasteiger partial charge in [-0.2, -0.15) is 0 Å². The van der Waals surface area contributed by atoms with Crippen LogP contribution in [-0.2, 0) is 4.74 Å². The average Bonchev–Trinajstić information content (AvgIpc) is 2.71. The van der Waals surface area contributed by atoms with Crippen LogP contribution >= 0.6 is 0 Å². The molecule has 2 aliphatic rings. The Balaban J connectivity index is 1.77. The minimum atomic E-state index is -0.330. The minimum Gasteiger partial charge on any atom is -0.462 e. The zero-order chi connectivity index (χ0) is 14.1.